The first-order valence-corrected chi connectivity index (χ1v) is 8.79. The number of benzene rings is 1. The van der Waals surface area contributed by atoms with Crippen LogP contribution in [0.1, 0.15) is 43.2 Å². The maximum atomic E-state index is 12.0. The monoisotopic (exact) mass is 374 g/mol. The number of carbonyl (C=O) groups is 2. The van der Waals surface area contributed by atoms with Crippen molar-refractivity contribution in [2.75, 3.05) is 13.2 Å². The molecule has 27 heavy (non-hydrogen) atoms. The molecule has 1 heterocycles. The molecular formula is C19H22N2O6. The lowest BCUT2D eigenvalue weighted by Gasteiger charge is -2.05. The Morgan fingerprint density at radius 3 is 2.52 bits per heavy atom. The molecular weight excluding hydrogens is 352 g/mol. The minimum Gasteiger partial charge on any atom is -0.450 e. The van der Waals surface area contributed by atoms with E-state index in [0.717, 1.165) is 25.7 Å². The molecule has 1 N–H and O–H groups in total. The Kier molecular flexibility index (Phi) is 7.54. The third-order valence-electron chi connectivity index (χ3n) is 3.86. The number of non-ortho nitro benzene ring substituents is 1. The molecule has 1 aromatic heterocycles. The number of amides is 1. The molecule has 1 amide bonds. The number of nitrogens with zero attached hydrogens (tertiary/aromatic N) is 1. The zero-order valence-corrected chi connectivity index (χ0v) is 15.1. The number of nitro groups is 1. The van der Waals surface area contributed by atoms with Gasteiger partial charge in [0.2, 0.25) is 5.76 Å². The molecule has 0 spiro atoms. The van der Waals surface area contributed by atoms with Crippen molar-refractivity contribution >= 4 is 17.6 Å². The summed E-state index contributed by atoms with van der Waals surface area (Å²) in [4.78, 5) is 33.8. The molecule has 0 saturated heterocycles. The molecule has 2 aromatic rings. The predicted octanol–water partition coefficient (Wildman–Crippen LogP) is 3.71. The number of nitrogens with one attached hydrogen (secondary N) is 1. The number of carbonyl (C=O) groups excluding carboxylic acids is 2. The van der Waals surface area contributed by atoms with Crippen LogP contribution in [0.15, 0.2) is 40.8 Å². The van der Waals surface area contributed by atoms with Gasteiger partial charge in [-0.15, -0.1) is 0 Å². The fourth-order valence-corrected chi connectivity index (χ4v) is 2.38. The van der Waals surface area contributed by atoms with Crippen LogP contribution in [0, 0.1) is 10.1 Å². The van der Waals surface area contributed by atoms with E-state index in [0.29, 0.717) is 17.9 Å². The van der Waals surface area contributed by atoms with Gasteiger partial charge in [-0.1, -0.05) is 26.2 Å². The molecule has 1 aromatic carbocycles. The minimum atomic E-state index is -0.746. The van der Waals surface area contributed by atoms with Crippen molar-refractivity contribution in [3.8, 4) is 11.3 Å². The van der Waals surface area contributed by atoms with Crippen LogP contribution in [0.4, 0.5) is 5.69 Å². The number of unbranched alkanes of at least 4 members (excludes halogenated alkanes) is 3. The van der Waals surface area contributed by atoms with E-state index < -0.39 is 10.9 Å². The molecule has 0 saturated carbocycles. The number of hydrogen-bond donors (Lipinski definition) is 1. The maximum absolute atomic E-state index is 12.0. The van der Waals surface area contributed by atoms with Gasteiger partial charge in [-0.3, -0.25) is 14.9 Å². The fraction of sp³-hybridized carbons (Fsp3) is 0.368. The van der Waals surface area contributed by atoms with Crippen molar-refractivity contribution in [2.45, 2.75) is 32.6 Å². The van der Waals surface area contributed by atoms with Gasteiger partial charge in [0.15, 0.2) is 6.61 Å². The second-order valence-electron chi connectivity index (χ2n) is 5.95. The van der Waals surface area contributed by atoms with Crippen LogP contribution < -0.4 is 5.32 Å². The third kappa shape index (κ3) is 6.25. The van der Waals surface area contributed by atoms with Crippen LogP contribution in [0.3, 0.4) is 0 Å². The number of ether oxygens (including phenoxy) is 1. The topological polar surface area (TPSA) is 112 Å². The van der Waals surface area contributed by atoms with Crippen LogP contribution in [0.2, 0.25) is 0 Å². The van der Waals surface area contributed by atoms with E-state index in [1.165, 1.54) is 30.3 Å². The second-order valence-corrected chi connectivity index (χ2v) is 5.95. The summed E-state index contributed by atoms with van der Waals surface area (Å²) in [5.41, 5.74) is 0.551. The van der Waals surface area contributed by atoms with Gasteiger partial charge in [0.25, 0.3) is 11.6 Å². The Balaban J connectivity index is 1.82. The van der Waals surface area contributed by atoms with E-state index in [4.69, 9.17) is 9.15 Å². The van der Waals surface area contributed by atoms with Crippen LogP contribution in [-0.2, 0) is 9.53 Å². The van der Waals surface area contributed by atoms with Crippen LogP contribution in [0.25, 0.3) is 11.3 Å². The Morgan fingerprint density at radius 1 is 1.11 bits per heavy atom. The molecule has 0 atom stereocenters. The summed E-state index contributed by atoms with van der Waals surface area (Å²) in [6.07, 6.45) is 4.19. The van der Waals surface area contributed by atoms with E-state index in [-0.39, 0.29) is 24.0 Å². The standard InChI is InChI=1S/C19H22N2O6/c1-2-3-4-5-12-20-18(22)13-26-19(23)17-11-10-16(27-17)14-6-8-15(9-7-14)21(24)25/h6-11H,2-5,12-13H2,1H3,(H,20,22). The highest BCUT2D eigenvalue weighted by atomic mass is 16.6. The number of nitro benzene ring substituents is 1. The van der Waals surface area contributed by atoms with Gasteiger partial charge < -0.3 is 14.5 Å². The first kappa shape index (κ1) is 20.2. The molecule has 0 radical (unpaired) electrons. The van der Waals surface area contributed by atoms with Crippen molar-refractivity contribution in [2.24, 2.45) is 0 Å². The van der Waals surface area contributed by atoms with Crippen molar-refractivity contribution in [1.82, 2.24) is 5.32 Å². The Bertz CT molecular complexity index is 782. The Hall–Kier alpha value is -3.16. The smallest absolute Gasteiger partial charge is 0.374 e. The first-order chi connectivity index (χ1) is 13.0. The zero-order valence-electron chi connectivity index (χ0n) is 15.1. The minimum absolute atomic E-state index is 0.0364. The van der Waals surface area contributed by atoms with Gasteiger partial charge in [-0.2, -0.15) is 0 Å². The number of furan rings is 1. The molecule has 0 unspecified atom stereocenters. The largest absolute Gasteiger partial charge is 0.450 e. The summed E-state index contributed by atoms with van der Waals surface area (Å²) in [5.74, 6) is -0.775. The van der Waals surface area contributed by atoms with E-state index in [1.807, 2.05) is 0 Å². The predicted molar refractivity (Wildman–Crippen MR) is 98.2 cm³/mol. The average Bonchev–Trinajstić information content (AvgIpc) is 3.16. The molecule has 0 aliphatic carbocycles. The second kappa shape index (κ2) is 10.1. The highest BCUT2D eigenvalue weighted by Gasteiger charge is 2.16. The quantitative estimate of drug-likeness (QED) is 0.294. The van der Waals surface area contributed by atoms with Crippen LogP contribution in [0.5, 0.6) is 0 Å². The Labute approximate surface area is 156 Å². The summed E-state index contributed by atoms with van der Waals surface area (Å²) >= 11 is 0. The molecule has 0 fully saturated rings. The maximum Gasteiger partial charge on any atom is 0.374 e. The molecule has 0 aliphatic rings. The molecule has 0 bridgehead atoms. The fourth-order valence-electron chi connectivity index (χ4n) is 2.38. The van der Waals surface area contributed by atoms with E-state index in [9.17, 15) is 19.7 Å². The molecule has 144 valence electrons. The molecule has 2 rings (SSSR count). The average molecular weight is 374 g/mol. The van der Waals surface area contributed by atoms with E-state index in [1.54, 1.807) is 6.07 Å². The van der Waals surface area contributed by atoms with Gasteiger partial charge in [0.05, 0.1) is 4.92 Å². The van der Waals surface area contributed by atoms with Crippen molar-refractivity contribution in [3.63, 3.8) is 0 Å². The normalized spacial score (nSPS) is 10.4. The zero-order chi connectivity index (χ0) is 19.6. The third-order valence-corrected chi connectivity index (χ3v) is 3.86. The lowest BCUT2D eigenvalue weighted by Crippen LogP contribution is -2.29. The lowest BCUT2D eigenvalue weighted by atomic mass is 10.1. The summed E-state index contributed by atoms with van der Waals surface area (Å²) in [6, 6.07) is 8.74. The summed E-state index contributed by atoms with van der Waals surface area (Å²) in [7, 11) is 0. The van der Waals surface area contributed by atoms with Crippen molar-refractivity contribution in [1.29, 1.82) is 0 Å². The Morgan fingerprint density at radius 2 is 1.85 bits per heavy atom. The van der Waals surface area contributed by atoms with Crippen molar-refractivity contribution < 1.29 is 23.7 Å². The summed E-state index contributed by atoms with van der Waals surface area (Å²) in [5, 5.41) is 13.4. The van der Waals surface area contributed by atoms with Crippen LogP contribution >= 0.6 is 0 Å². The van der Waals surface area contributed by atoms with E-state index >= 15 is 0 Å². The van der Waals surface area contributed by atoms with Crippen LogP contribution in [-0.4, -0.2) is 30.0 Å². The number of rotatable bonds is 10. The van der Waals surface area contributed by atoms with Gasteiger partial charge in [-0.05, 0) is 30.7 Å². The lowest BCUT2D eigenvalue weighted by molar-refractivity contribution is -0.384. The number of esters is 1. The molecule has 8 heteroatoms. The van der Waals surface area contributed by atoms with Gasteiger partial charge in [-0.25, -0.2) is 4.79 Å². The summed E-state index contributed by atoms with van der Waals surface area (Å²) < 4.78 is 10.3. The molecule has 8 nitrogen and oxygen atoms in total. The highest BCUT2D eigenvalue weighted by Crippen LogP contribution is 2.24. The summed E-state index contributed by atoms with van der Waals surface area (Å²) in [6.45, 7) is 2.29. The van der Waals surface area contributed by atoms with Gasteiger partial charge in [0.1, 0.15) is 5.76 Å². The first-order valence-electron chi connectivity index (χ1n) is 8.79. The number of hydrogen-bond acceptors (Lipinski definition) is 6. The highest BCUT2D eigenvalue weighted by molar-refractivity contribution is 5.89. The SMILES string of the molecule is CCCCCCNC(=O)COC(=O)c1ccc(-c2ccc([N+](=O)[O-])cc2)o1. The van der Waals surface area contributed by atoms with Crippen molar-refractivity contribution in [3.05, 3.63) is 52.3 Å². The van der Waals surface area contributed by atoms with E-state index in [2.05, 4.69) is 12.2 Å². The molecule has 0 aliphatic heterocycles. The van der Waals surface area contributed by atoms with Gasteiger partial charge >= 0.3 is 5.97 Å². The van der Waals surface area contributed by atoms with Gasteiger partial charge in [0, 0.05) is 24.2 Å².